The van der Waals surface area contributed by atoms with Gasteiger partial charge in [-0.3, -0.25) is 0 Å². The summed E-state index contributed by atoms with van der Waals surface area (Å²) in [5.74, 6) is 2.79. The molecule has 0 saturated carbocycles. The summed E-state index contributed by atoms with van der Waals surface area (Å²) in [4.78, 5) is 12.8. The van der Waals surface area contributed by atoms with Gasteiger partial charge in [-0.05, 0) is 32.0 Å². The third-order valence-corrected chi connectivity index (χ3v) is 2.75. The van der Waals surface area contributed by atoms with Crippen LogP contribution in [0.5, 0.6) is 5.75 Å². The van der Waals surface area contributed by atoms with Gasteiger partial charge in [0.25, 0.3) is 0 Å². The Kier molecular flexibility index (Phi) is 3.38. The highest BCUT2D eigenvalue weighted by atomic mass is 79.9. The maximum Gasteiger partial charge on any atom is 0.167 e. The van der Waals surface area contributed by atoms with Crippen molar-refractivity contribution in [3.63, 3.8) is 0 Å². The molecule has 4 nitrogen and oxygen atoms in total. The third kappa shape index (κ3) is 2.61. The molecule has 5 heteroatoms. The molecule has 0 N–H and O–H groups in total. The summed E-state index contributed by atoms with van der Waals surface area (Å²) in [5.41, 5.74) is 0.857. The van der Waals surface area contributed by atoms with Gasteiger partial charge in [-0.15, -0.1) is 0 Å². The molecule has 2 rings (SSSR count). The second-order valence-electron chi connectivity index (χ2n) is 3.60. The first-order chi connectivity index (χ1) is 8.10. The molecular formula is C12H12BrN3O. The number of aromatic nitrogens is 3. The number of methoxy groups -OCH3 is 1. The Bertz CT molecular complexity index is 537. The van der Waals surface area contributed by atoms with Crippen LogP contribution in [0, 0.1) is 13.8 Å². The van der Waals surface area contributed by atoms with Crippen LogP contribution in [0.1, 0.15) is 11.6 Å². The molecule has 0 radical (unpaired) electrons. The van der Waals surface area contributed by atoms with Gasteiger partial charge in [-0.2, -0.15) is 0 Å². The summed E-state index contributed by atoms with van der Waals surface area (Å²) >= 11 is 3.43. The Morgan fingerprint density at radius 3 is 2.29 bits per heavy atom. The number of ether oxygens (including phenoxy) is 1. The van der Waals surface area contributed by atoms with E-state index in [1.165, 1.54) is 0 Å². The predicted molar refractivity (Wildman–Crippen MR) is 69.0 cm³/mol. The van der Waals surface area contributed by atoms with Crippen molar-refractivity contribution in [3.05, 3.63) is 34.3 Å². The van der Waals surface area contributed by atoms with E-state index in [2.05, 4.69) is 30.9 Å². The molecule has 0 aliphatic rings. The molecule has 1 aromatic heterocycles. The first kappa shape index (κ1) is 12.0. The van der Waals surface area contributed by atoms with Crippen LogP contribution in [0.15, 0.2) is 22.7 Å². The second kappa shape index (κ2) is 4.79. The lowest BCUT2D eigenvalue weighted by Crippen LogP contribution is -2.00. The summed E-state index contributed by atoms with van der Waals surface area (Å²) < 4.78 is 6.28. The standard InChI is InChI=1S/C12H12BrN3O/c1-7-14-8(2)16-12(15-7)10-6-9(13)4-5-11(10)17-3/h4-6H,1-3H3. The van der Waals surface area contributed by atoms with Gasteiger partial charge in [-0.1, -0.05) is 15.9 Å². The number of hydrogen-bond acceptors (Lipinski definition) is 4. The van der Waals surface area contributed by atoms with Crippen LogP contribution in [-0.2, 0) is 0 Å². The van der Waals surface area contributed by atoms with Gasteiger partial charge in [0, 0.05) is 4.47 Å². The van der Waals surface area contributed by atoms with Crippen molar-refractivity contribution in [1.29, 1.82) is 0 Å². The van der Waals surface area contributed by atoms with Gasteiger partial charge >= 0.3 is 0 Å². The quantitative estimate of drug-likeness (QED) is 0.854. The van der Waals surface area contributed by atoms with E-state index < -0.39 is 0 Å². The molecule has 0 aliphatic heterocycles. The van der Waals surface area contributed by atoms with Crippen LogP contribution >= 0.6 is 15.9 Å². The minimum Gasteiger partial charge on any atom is -0.496 e. The van der Waals surface area contributed by atoms with Crippen molar-refractivity contribution < 1.29 is 4.74 Å². The van der Waals surface area contributed by atoms with Crippen LogP contribution in [0.3, 0.4) is 0 Å². The molecule has 0 atom stereocenters. The van der Waals surface area contributed by atoms with Crippen LogP contribution in [0.4, 0.5) is 0 Å². The molecule has 0 saturated heterocycles. The fraction of sp³-hybridized carbons (Fsp3) is 0.250. The van der Waals surface area contributed by atoms with Gasteiger partial charge < -0.3 is 4.74 Å². The average molecular weight is 294 g/mol. The van der Waals surface area contributed by atoms with E-state index in [1.54, 1.807) is 7.11 Å². The summed E-state index contributed by atoms with van der Waals surface area (Å²) in [6.07, 6.45) is 0. The molecule has 0 bridgehead atoms. The monoisotopic (exact) mass is 293 g/mol. The maximum atomic E-state index is 5.31. The summed E-state index contributed by atoms with van der Waals surface area (Å²) in [6, 6.07) is 5.74. The fourth-order valence-electron chi connectivity index (χ4n) is 1.59. The van der Waals surface area contributed by atoms with Gasteiger partial charge in [-0.25, -0.2) is 15.0 Å². The van der Waals surface area contributed by atoms with Crippen molar-refractivity contribution in [2.45, 2.75) is 13.8 Å². The third-order valence-electron chi connectivity index (χ3n) is 2.26. The molecule has 0 spiro atoms. The number of aryl methyl sites for hydroxylation is 2. The van der Waals surface area contributed by atoms with Gasteiger partial charge in [0.2, 0.25) is 0 Å². The van der Waals surface area contributed by atoms with Gasteiger partial charge in [0.05, 0.1) is 12.7 Å². The van der Waals surface area contributed by atoms with Gasteiger partial charge in [0.1, 0.15) is 17.4 Å². The maximum absolute atomic E-state index is 5.31. The average Bonchev–Trinajstić information content (AvgIpc) is 2.27. The van der Waals surface area contributed by atoms with Crippen LogP contribution in [0.25, 0.3) is 11.4 Å². The zero-order chi connectivity index (χ0) is 12.4. The van der Waals surface area contributed by atoms with E-state index >= 15 is 0 Å². The molecular weight excluding hydrogens is 282 g/mol. The first-order valence-corrected chi connectivity index (χ1v) is 5.92. The largest absolute Gasteiger partial charge is 0.496 e. The fourth-order valence-corrected chi connectivity index (χ4v) is 1.95. The highest BCUT2D eigenvalue weighted by molar-refractivity contribution is 9.10. The molecule has 0 amide bonds. The Morgan fingerprint density at radius 1 is 1.06 bits per heavy atom. The van der Waals surface area contributed by atoms with Crippen molar-refractivity contribution in [2.75, 3.05) is 7.11 Å². The van der Waals surface area contributed by atoms with E-state index in [9.17, 15) is 0 Å². The van der Waals surface area contributed by atoms with Gasteiger partial charge in [0.15, 0.2) is 5.82 Å². The zero-order valence-corrected chi connectivity index (χ0v) is 11.4. The minimum atomic E-state index is 0.633. The lowest BCUT2D eigenvalue weighted by atomic mass is 10.2. The van der Waals surface area contributed by atoms with Crippen LogP contribution in [-0.4, -0.2) is 22.1 Å². The second-order valence-corrected chi connectivity index (χ2v) is 4.51. The molecule has 1 aromatic carbocycles. The summed E-state index contributed by atoms with van der Waals surface area (Å²) in [5, 5.41) is 0. The number of rotatable bonds is 2. The molecule has 1 heterocycles. The topological polar surface area (TPSA) is 47.9 Å². The Hall–Kier alpha value is -1.49. The lowest BCUT2D eigenvalue weighted by Gasteiger charge is -2.08. The van der Waals surface area contributed by atoms with E-state index in [1.807, 2.05) is 32.0 Å². The highest BCUT2D eigenvalue weighted by Gasteiger charge is 2.10. The SMILES string of the molecule is COc1ccc(Br)cc1-c1nc(C)nc(C)n1. The molecule has 17 heavy (non-hydrogen) atoms. The van der Waals surface area contributed by atoms with Crippen LogP contribution < -0.4 is 4.74 Å². The Labute approximate surface area is 108 Å². The molecule has 0 aliphatic carbocycles. The molecule has 0 unspecified atom stereocenters. The summed E-state index contributed by atoms with van der Waals surface area (Å²) in [7, 11) is 1.63. The molecule has 88 valence electrons. The number of nitrogens with zero attached hydrogens (tertiary/aromatic N) is 3. The Balaban J connectivity index is 2.62. The number of halogens is 1. The minimum absolute atomic E-state index is 0.633. The van der Waals surface area contributed by atoms with E-state index in [-0.39, 0.29) is 0 Å². The van der Waals surface area contributed by atoms with Crippen molar-refractivity contribution >= 4 is 15.9 Å². The van der Waals surface area contributed by atoms with Crippen LogP contribution in [0.2, 0.25) is 0 Å². The zero-order valence-electron chi connectivity index (χ0n) is 9.86. The van der Waals surface area contributed by atoms with E-state index in [0.717, 1.165) is 15.8 Å². The lowest BCUT2D eigenvalue weighted by molar-refractivity contribution is 0.416. The molecule has 0 fully saturated rings. The van der Waals surface area contributed by atoms with E-state index in [0.29, 0.717) is 17.5 Å². The van der Waals surface area contributed by atoms with Crippen molar-refractivity contribution in [3.8, 4) is 17.1 Å². The molecule has 2 aromatic rings. The number of benzene rings is 1. The number of hydrogen-bond donors (Lipinski definition) is 0. The first-order valence-electron chi connectivity index (χ1n) is 5.13. The Morgan fingerprint density at radius 2 is 1.71 bits per heavy atom. The van der Waals surface area contributed by atoms with Crippen molar-refractivity contribution in [1.82, 2.24) is 15.0 Å². The van der Waals surface area contributed by atoms with E-state index in [4.69, 9.17) is 4.74 Å². The highest BCUT2D eigenvalue weighted by Crippen LogP contribution is 2.30. The normalized spacial score (nSPS) is 10.4. The smallest absolute Gasteiger partial charge is 0.167 e. The summed E-state index contributed by atoms with van der Waals surface area (Å²) in [6.45, 7) is 3.70. The predicted octanol–water partition coefficient (Wildman–Crippen LogP) is 2.93. The van der Waals surface area contributed by atoms with Crippen molar-refractivity contribution in [2.24, 2.45) is 0 Å².